The van der Waals surface area contributed by atoms with Crippen molar-refractivity contribution in [3.05, 3.63) is 24.3 Å². The van der Waals surface area contributed by atoms with Gasteiger partial charge in [-0.05, 0) is 31.9 Å². The SMILES string of the molecule is CCOc1ccccc1OC1CCN(C(=O)[C@H]2CCCO2)CC1. The van der Waals surface area contributed by atoms with Gasteiger partial charge in [-0.15, -0.1) is 0 Å². The predicted molar refractivity (Wildman–Crippen MR) is 86.8 cm³/mol. The number of para-hydroxylation sites is 2. The van der Waals surface area contributed by atoms with Crippen molar-refractivity contribution < 1.29 is 19.0 Å². The van der Waals surface area contributed by atoms with Gasteiger partial charge in [0.1, 0.15) is 12.2 Å². The Morgan fingerprint density at radius 3 is 2.61 bits per heavy atom. The molecule has 1 amide bonds. The Bertz CT molecular complexity index is 520. The molecule has 0 bridgehead atoms. The minimum atomic E-state index is -0.217. The lowest BCUT2D eigenvalue weighted by Crippen LogP contribution is -2.45. The van der Waals surface area contributed by atoms with Crippen LogP contribution < -0.4 is 9.47 Å². The number of hydrogen-bond acceptors (Lipinski definition) is 4. The van der Waals surface area contributed by atoms with Gasteiger partial charge < -0.3 is 19.1 Å². The van der Waals surface area contributed by atoms with Crippen LogP contribution in [0, 0.1) is 0 Å². The minimum absolute atomic E-state index is 0.130. The number of nitrogens with zero attached hydrogens (tertiary/aromatic N) is 1. The van der Waals surface area contributed by atoms with E-state index >= 15 is 0 Å². The second-order valence-electron chi connectivity index (χ2n) is 6.02. The first-order valence-electron chi connectivity index (χ1n) is 8.57. The van der Waals surface area contributed by atoms with Crippen LogP contribution in [0.3, 0.4) is 0 Å². The summed E-state index contributed by atoms with van der Waals surface area (Å²) in [5.74, 6) is 1.72. The summed E-state index contributed by atoms with van der Waals surface area (Å²) in [5, 5.41) is 0. The number of carbonyl (C=O) groups excluding carboxylic acids is 1. The maximum atomic E-state index is 12.3. The van der Waals surface area contributed by atoms with Crippen molar-refractivity contribution in [1.82, 2.24) is 4.90 Å². The van der Waals surface area contributed by atoms with Crippen LogP contribution in [-0.4, -0.2) is 49.3 Å². The minimum Gasteiger partial charge on any atom is -0.490 e. The van der Waals surface area contributed by atoms with E-state index in [4.69, 9.17) is 14.2 Å². The maximum Gasteiger partial charge on any atom is 0.251 e. The zero-order chi connectivity index (χ0) is 16.1. The molecule has 3 rings (SSSR count). The molecule has 0 radical (unpaired) electrons. The summed E-state index contributed by atoms with van der Waals surface area (Å²) in [7, 11) is 0. The van der Waals surface area contributed by atoms with Gasteiger partial charge in [-0.25, -0.2) is 0 Å². The van der Waals surface area contributed by atoms with E-state index in [2.05, 4.69) is 0 Å². The lowest BCUT2D eigenvalue weighted by molar-refractivity contribution is -0.142. The molecule has 0 N–H and O–H groups in total. The third-order valence-corrected chi connectivity index (χ3v) is 4.40. The first-order chi connectivity index (χ1) is 11.3. The average molecular weight is 319 g/mol. The van der Waals surface area contributed by atoms with Gasteiger partial charge in [-0.1, -0.05) is 12.1 Å². The Hall–Kier alpha value is -1.75. The van der Waals surface area contributed by atoms with E-state index in [1.165, 1.54) is 0 Å². The van der Waals surface area contributed by atoms with Gasteiger partial charge >= 0.3 is 0 Å². The highest BCUT2D eigenvalue weighted by Crippen LogP contribution is 2.29. The Balaban J connectivity index is 1.52. The summed E-state index contributed by atoms with van der Waals surface area (Å²) < 4.78 is 17.2. The zero-order valence-corrected chi connectivity index (χ0v) is 13.7. The number of carbonyl (C=O) groups is 1. The summed E-state index contributed by atoms with van der Waals surface area (Å²) in [5.41, 5.74) is 0. The van der Waals surface area contributed by atoms with E-state index in [0.717, 1.165) is 50.3 Å². The van der Waals surface area contributed by atoms with Crippen molar-refractivity contribution >= 4 is 5.91 Å². The second-order valence-corrected chi connectivity index (χ2v) is 6.02. The first-order valence-corrected chi connectivity index (χ1v) is 8.57. The molecule has 0 saturated carbocycles. The molecule has 2 aliphatic rings. The van der Waals surface area contributed by atoms with Crippen molar-refractivity contribution in [3.8, 4) is 11.5 Å². The molecule has 2 heterocycles. The van der Waals surface area contributed by atoms with Gasteiger partial charge in [-0.2, -0.15) is 0 Å². The highest BCUT2D eigenvalue weighted by Gasteiger charge is 2.31. The van der Waals surface area contributed by atoms with Crippen molar-refractivity contribution in [2.24, 2.45) is 0 Å². The second kappa shape index (κ2) is 7.68. The molecule has 0 aromatic heterocycles. The molecule has 1 aromatic carbocycles. The molecular formula is C18H25NO4. The molecule has 5 nitrogen and oxygen atoms in total. The number of amides is 1. The molecule has 1 aromatic rings. The van der Waals surface area contributed by atoms with Crippen molar-refractivity contribution in [3.63, 3.8) is 0 Å². The third kappa shape index (κ3) is 3.96. The maximum absolute atomic E-state index is 12.3. The molecule has 2 fully saturated rings. The molecule has 126 valence electrons. The van der Waals surface area contributed by atoms with Gasteiger partial charge in [0, 0.05) is 32.5 Å². The van der Waals surface area contributed by atoms with Crippen LogP contribution >= 0.6 is 0 Å². The lowest BCUT2D eigenvalue weighted by atomic mass is 10.1. The lowest BCUT2D eigenvalue weighted by Gasteiger charge is -2.33. The predicted octanol–water partition coefficient (Wildman–Crippen LogP) is 2.63. The molecule has 0 spiro atoms. The van der Waals surface area contributed by atoms with Crippen molar-refractivity contribution in [2.45, 2.75) is 44.8 Å². The van der Waals surface area contributed by atoms with Crippen molar-refractivity contribution in [1.29, 1.82) is 0 Å². The molecule has 0 aliphatic carbocycles. The Morgan fingerprint density at radius 2 is 1.96 bits per heavy atom. The van der Waals surface area contributed by atoms with Crippen LogP contribution in [0.1, 0.15) is 32.6 Å². The van der Waals surface area contributed by atoms with Crippen LogP contribution in [0.15, 0.2) is 24.3 Å². The number of likely N-dealkylation sites (tertiary alicyclic amines) is 1. The topological polar surface area (TPSA) is 48.0 Å². The number of benzene rings is 1. The molecule has 23 heavy (non-hydrogen) atoms. The summed E-state index contributed by atoms with van der Waals surface area (Å²) in [6, 6.07) is 7.76. The molecule has 2 saturated heterocycles. The fraction of sp³-hybridized carbons (Fsp3) is 0.611. The summed E-state index contributed by atoms with van der Waals surface area (Å²) in [6.07, 6.45) is 3.45. The fourth-order valence-electron chi connectivity index (χ4n) is 3.17. The highest BCUT2D eigenvalue weighted by molar-refractivity contribution is 5.81. The van der Waals surface area contributed by atoms with E-state index < -0.39 is 0 Å². The number of ether oxygens (including phenoxy) is 3. The average Bonchev–Trinajstić information content (AvgIpc) is 3.11. The van der Waals surface area contributed by atoms with Gasteiger partial charge in [-0.3, -0.25) is 4.79 Å². The summed E-state index contributed by atoms with van der Waals surface area (Å²) in [4.78, 5) is 14.3. The molecular weight excluding hydrogens is 294 g/mol. The molecule has 1 atom stereocenters. The van der Waals surface area contributed by atoms with Gasteiger partial charge in [0.25, 0.3) is 5.91 Å². The standard InChI is InChI=1S/C18H25NO4/c1-2-21-15-6-3-4-7-16(15)23-14-9-11-19(12-10-14)18(20)17-8-5-13-22-17/h3-4,6-7,14,17H,2,5,8-13H2,1H3/t17-/m1/s1. The van der Waals surface area contributed by atoms with E-state index in [0.29, 0.717) is 13.2 Å². The Labute approximate surface area is 137 Å². The van der Waals surface area contributed by atoms with E-state index in [1.54, 1.807) is 0 Å². The van der Waals surface area contributed by atoms with Crippen LogP contribution in [0.2, 0.25) is 0 Å². The Morgan fingerprint density at radius 1 is 1.22 bits per heavy atom. The highest BCUT2D eigenvalue weighted by atomic mass is 16.5. The molecule has 2 aliphatic heterocycles. The van der Waals surface area contributed by atoms with Crippen LogP contribution in [0.5, 0.6) is 11.5 Å². The van der Waals surface area contributed by atoms with Gasteiger partial charge in [0.2, 0.25) is 0 Å². The third-order valence-electron chi connectivity index (χ3n) is 4.40. The largest absolute Gasteiger partial charge is 0.490 e. The van der Waals surface area contributed by atoms with Crippen LogP contribution in [0.4, 0.5) is 0 Å². The molecule has 5 heteroatoms. The Kier molecular flexibility index (Phi) is 5.39. The van der Waals surface area contributed by atoms with Crippen molar-refractivity contribution in [2.75, 3.05) is 26.3 Å². The summed E-state index contributed by atoms with van der Waals surface area (Å²) in [6.45, 7) is 4.77. The van der Waals surface area contributed by atoms with E-state index in [1.807, 2.05) is 36.1 Å². The monoisotopic (exact) mass is 319 g/mol. The van der Waals surface area contributed by atoms with E-state index in [9.17, 15) is 4.79 Å². The normalized spacial score (nSPS) is 22.1. The zero-order valence-electron chi connectivity index (χ0n) is 13.7. The first kappa shape index (κ1) is 16.1. The number of rotatable bonds is 5. The van der Waals surface area contributed by atoms with Gasteiger partial charge in [0.15, 0.2) is 11.5 Å². The quantitative estimate of drug-likeness (QED) is 0.837. The fourth-order valence-corrected chi connectivity index (χ4v) is 3.17. The smallest absolute Gasteiger partial charge is 0.251 e. The van der Waals surface area contributed by atoms with E-state index in [-0.39, 0.29) is 18.1 Å². The van der Waals surface area contributed by atoms with Gasteiger partial charge in [0.05, 0.1) is 6.61 Å². The summed E-state index contributed by atoms with van der Waals surface area (Å²) >= 11 is 0. The van der Waals surface area contributed by atoms with Crippen LogP contribution in [0.25, 0.3) is 0 Å². The number of hydrogen-bond donors (Lipinski definition) is 0. The number of piperidine rings is 1. The van der Waals surface area contributed by atoms with Crippen LogP contribution in [-0.2, 0) is 9.53 Å². The molecule has 0 unspecified atom stereocenters.